The third-order valence-corrected chi connectivity index (χ3v) is 5.86. The maximum Gasteiger partial charge on any atom is 0.270 e. The number of hydrogen-bond acceptors (Lipinski definition) is 7. The van der Waals surface area contributed by atoms with E-state index in [9.17, 15) is 9.59 Å². The van der Waals surface area contributed by atoms with Gasteiger partial charge < -0.3 is 9.47 Å². The Bertz CT molecular complexity index is 1450. The number of fused-ring (bicyclic) bond motifs is 2. The number of nitrogens with one attached hydrogen (secondary N) is 2. The zero-order valence-electron chi connectivity index (χ0n) is 18.2. The molecule has 0 spiro atoms. The highest BCUT2D eigenvalue weighted by Crippen LogP contribution is 2.40. The summed E-state index contributed by atoms with van der Waals surface area (Å²) >= 11 is 0. The van der Waals surface area contributed by atoms with Crippen LogP contribution in [0.3, 0.4) is 0 Å². The summed E-state index contributed by atoms with van der Waals surface area (Å²) in [4.78, 5) is 35.0. The van der Waals surface area contributed by atoms with Gasteiger partial charge in [-0.05, 0) is 56.2 Å². The first-order chi connectivity index (χ1) is 16.6. The molecule has 0 bridgehead atoms. The smallest absolute Gasteiger partial charge is 0.270 e. The lowest BCUT2D eigenvalue weighted by atomic mass is 10.1. The molecule has 4 heterocycles. The van der Waals surface area contributed by atoms with Crippen LogP contribution in [0.1, 0.15) is 50.9 Å². The number of hydrogen-bond donors (Lipinski definition) is 2. The van der Waals surface area contributed by atoms with Crippen molar-refractivity contribution in [2.75, 3.05) is 6.79 Å². The molecule has 0 saturated heterocycles. The van der Waals surface area contributed by atoms with Crippen LogP contribution in [0.4, 0.5) is 0 Å². The number of amides is 2. The Hall–Kier alpha value is -4.47. The van der Waals surface area contributed by atoms with Crippen LogP contribution in [0.2, 0.25) is 0 Å². The minimum absolute atomic E-state index is 0.115. The summed E-state index contributed by atoms with van der Waals surface area (Å²) in [7, 11) is 0. The van der Waals surface area contributed by atoms with E-state index in [-0.39, 0.29) is 6.79 Å². The maximum atomic E-state index is 13.2. The summed E-state index contributed by atoms with van der Waals surface area (Å²) in [6.07, 6.45) is 3.73. The third-order valence-electron chi connectivity index (χ3n) is 5.86. The second-order valence-corrected chi connectivity index (χ2v) is 8.23. The molecule has 10 heteroatoms. The summed E-state index contributed by atoms with van der Waals surface area (Å²) in [5.74, 6) is 1.07. The van der Waals surface area contributed by atoms with Crippen molar-refractivity contribution in [3.8, 4) is 17.3 Å². The molecule has 170 valence electrons. The Morgan fingerprint density at radius 2 is 1.85 bits per heavy atom. The van der Waals surface area contributed by atoms with Crippen molar-refractivity contribution in [1.29, 1.82) is 0 Å². The molecule has 4 aromatic rings. The molecule has 0 atom stereocenters. The lowest BCUT2D eigenvalue weighted by Crippen LogP contribution is -2.41. The highest BCUT2D eigenvalue weighted by molar-refractivity contribution is 6.08. The fourth-order valence-corrected chi connectivity index (χ4v) is 4.01. The lowest BCUT2D eigenvalue weighted by Gasteiger charge is -2.11. The molecule has 0 unspecified atom stereocenters. The number of aromatic nitrogens is 4. The molecule has 1 aliphatic heterocycles. The van der Waals surface area contributed by atoms with Gasteiger partial charge in [0.05, 0.1) is 16.6 Å². The molecular formula is C24H20N6O4. The highest BCUT2D eigenvalue weighted by Gasteiger charge is 2.29. The van der Waals surface area contributed by atoms with Gasteiger partial charge in [0.25, 0.3) is 11.8 Å². The van der Waals surface area contributed by atoms with Gasteiger partial charge in [-0.25, -0.2) is 9.97 Å². The number of ether oxygens (including phenoxy) is 2. The number of carbonyl (C=O) groups excluding carboxylic acids is 2. The maximum absolute atomic E-state index is 13.2. The van der Waals surface area contributed by atoms with Crippen LogP contribution in [0.5, 0.6) is 11.5 Å². The van der Waals surface area contributed by atoms with Crippen LogP contribution in [0.25, 0.3) is 16.9 Å². The Labute approximate surface area is 193 Å². The molecule has 6 rings (SSSR count). The van der Waals surface area contributed by atoms with Crippen LogP contribution in [0.15, 0.2) is 48.7 Å². The van der Waals surface area contributed by atoms with E-state index in [2.05, 4.69) is 20.9 Å². The number of nitrogens with zero attached hydrogens (tertiary/aromatic N) is 4. The molecule has 3 aromatic heterocycles. The fraction of sp³-hybridized carbons (Fsp3) is 0.208. The predicted molar refractivity (Wildman–Crippen MR) is 121 cm³/mol. The summed E-state index contributed by atoms with van der Waals surface area (Å²) in [6, 6.07) is 12.2. The van der Waals surface area contributed by atoms with Gasteiger partial charge in [-0.3, -0.25) is 20.4 Å². The standard InChI is InChI=1S/C24H20N6O4/c1-13-21-16(24(32)28-27-23(31)15-7-8-18-19(10-15)34-12-33-18)11-17(14-5-6-14)26-22(21)30(29-13)20-4-2-3-9-25-20/h2-4,7-11,14H,5-6,12H2,1H3,(H,27,31)(H,28,32). The Morgan fingerprint density at radius 3 is 2.65 bits per heavy atom. The fourth-order valence-electron chi connectivity index (χ4n) is 4.01. The monoisotopic (exact) mass is 456 g/mol. The summed E-state index contributed by atoms with van der Waals surface area (Å²) in [5.41, 5.74) is 7.78. The first-order valence-corrected chi connectivity index (χ1v) is 10.9. The predicted octanol–water partition coefficient (Wildman–Crippen LogP) is 2.80. The van der Waals surface area contributed by atoms with Crippen LogP contribution in [-0.2, 0) is 0 Å². The number of benzene rings is 1. The number of carbonyl (C=O) groups is 2. The number of hydrazine groups is 1. The lowest BCUT2D eigenvalue weighted by molar-refractivity contribution is 0.0847. The quantitative estimate of drug-likeness (QED) is 0.453. The van der Waals surface area contributed by atoms with Crippen molar-refractivity contribution in [3.63, 3.8) is 0 Å². The summed E-state index contributed by atoms with van der Waals surface area (Å²) < 4.78 is 12.2. The van der Waals surface area contributed by atoms with E-state index in [1.807, 2.05) is 25.1 Å². The van der Waals surface area contributed by atoms with Crippen LogP contribution < -0.4 is 20.3 Å². The van der Waals surface area contributed by atoms with Gasteiger partial charge >= 0.3 is 0 Å². The van der Waals surface area contributed by atoms with Gasteiger partial charge in [0.1, 0.15) is 0 Å². The van der Waals surface area contributed by atoms with Gasteiger partial charge in [0.2, 0.25) is 6.79 Å². The average molecular weight is 456 g/mol. The van der Waals surface area contributed by atoms with E-state index in [1.54, 1.807) is 35.1 Å². The van der Waals surface area contributed by atoms with Gasteiger partial charge in [0.15, 0.2) is 23.0 Å². The van der Waals surface area contributed by atoms with E-state index >= 15 is 0 Å². The Balaban J connectivity index is 1.32. The van der Waals surface area contributed by atoms with Crippen molar-refractivity contribution in [3.05, 3.63) is 71.2 Å². The van der Waals surface area contributed by atoms with Gasteiger partial charge in [-0.15, -0.1) is 0 Å². The molecule has 10 nitrogen and oxygen atoms in total. The zero-order valence-corrected chi connectivity index (χ0v) is 18.2. The average Bonchev–Trinajstić information content (AvgIpc) is 3.52. The van der Waals surface area contributed by atoms with Crippen molar-refractivity contribution < 1.29 is 19.1 Å². The SMILES string of the molecule is Cc1nn(-c2ccccn2)c2nc(C3CC3)cc(C(=O)NNC(=O)c3ccc4c(c3)OCO4)c12. The minimum atomic E-state index is -0.472. The van der Waals surface area contributed by atoms with E-state index in [1.165, 1.54) is 0 Å². The van der Waals surface area contributed by atoms with Crippen molar-refractivity contribution >= 4 is 22.8 Å². The highest BCUT2D eigenvalue weighted by atomic mass is 16.7. The summed E-state index contributed by atoms with van der Waals surface area (Å²) in [5, 5.41) is 5.21. The molecule has 1 saturated carbocycles. The van der Waals surface area contributed by atoms with Crippen molar-refractivity contribution in [2.45, 2.75) is 25.7 Å². The number of pyridine rings is 2. The number of rotatable bonds is 4. The van der Waals surface area contributed by atoms with E-state index in [0.717, 1.165) is 18.5 Å². The van der Waals surface area contributed by atoms with E-state index in [4.69, 9.17) is 14.5 Å². The van der Waals surface area contributed by atoms with Gasteiger partial charge in [-0.1, -0.05) is 6.07 Å². The third kappa shape index (κ3) is 3.49. The van der Waals surface area contributed by atoms with Crippen LogP contribution in [0, 0.1) is 6.92 Å². The first kappa shape index (κ1) is 20.2. The molecule has 2 N–H and O–H groups in total. The largest absolute Gasteiger partial charge is 0.454 e. The van der Waals surface area contributed by atoms with Gasteiger partial charge in [0, 0.05) is 23.4 Å². The second kappa shape index (κ2) is 7.84. The second-order valence-electron chi connectivity index (χ2n) is 8.23. The number of aryl methyl sites for hydroxylation is 1. The van der Waals surface area contributed by atoms with Crippen molar-refractivity contribution in [1.82, 2.24) is 30.6 Å². The first-order valence-electron chi connectivity index (χ1n) is 10.9. The van der Waals surface area contributed by atoms with E-state index < -0.39 is 11.8 Å². The molecule has 0 radical (unpaired) electrons. The summed E-state index contributed by atoms with van der Waals surface area (Å²) in [6.45, 7) is 1.94. The Morgan fingerprint density at radius 1 is 1.03 bits per heavy atom. The molecule has 1 fully saturated rings. The van der Waals surface area contributed by atoms with Crippen LogP contribution in [-0.4, -0.2) is 38.4 Å². The molecule has 1 aromatic carbocycles. The van der Waals surface area contributed by atoms with Gasteiger partial charge in [-0.2, -0.15) is 9.78 Å². The molecule has 1 aliphatic carbocycles. The molecule has 34 heavy (non-hydrogen) atoms. The minimum Gasteiger partial charge on any atom is -0.454 e. The zero-order chi connectivity index (χ0) is 23.2. The van der Waals surface area contributed by atoms with Crippen molar-refractivity contribution in [2.24, 2.45) is 0 Å². The Kier molecular flexibility index (Phi) is 4.65. The molecular weight excluding hydrogens is 436 g/mol. The topological polar surface area (TPSA) is 120 Å². The normalized spacial score (nSPS) is 14.3. The molecule has 2 aliphatic rings. The molecule has 2 amide bonds. The van der Waals surface area contributed by atoms with Crippen LogP contribution >= 0.6 is 0 Å². The van der Waals surface area contributed by atoms with E-state index in [0.29, 0.717) is 51.1 Å².